The molecule has 0 aromatic carbocycles. The van der Waals surface area contributed by atoms with Gasteiger partial charge in [-0.1, -0.05) is 0 Å². The minimum atomic E-state index is -2.08. The first-order valence-electron chi connectivity index (χ1n) is 5.16. The highest BCUT2D eigenvalue weighted by molar-refractivity contribution is 6.65. The third-order valence-electron chi connectivity index (χ3n) is 2.78. The van der Waals surface area contributed by atoms with Crippen molar-refractivity contribution >= 4 is 20.4 Å². The van der Waals surface area contributed by atoms with Crippen LogP contribution in [0.25, 0.3) is 0 Å². The van der Waals surface area contributed by atoms with Crippen molar-refractivity contribution in [2.45, 2.75) is 19.0 Å². The highest BCUT2D eigenvalue weighted by atomic mass is 28.4. The Morgan fingerprint density at radius 2 is 1.69 bits per heavy atom. The smallest absolute Gasteiger partial charge is 0.334 e. The Labute approximate surface area is 96.3 Å². The molecule has 0 unspecified atom stereocenters. The van der Waals surface area contributed by atoms with Gasteiger partial charge in [0, 0.05) is 32.9 Å². The molecule has 1 aliphatic rings. The first-order chi connectivity index (χ1) is 7.52. The zero-order valence-electron chi connectivity index (χ0n) is 9.86. The topological polar surface area (TPSA) is 55.8 Å². The Hall–Kier alpha value is -0.983. The van der Waals surface area contributed by atoms with E-state index in [1.165, 1.54) is 17.1 Å². The Bertz CT molecular complexity index is 294. The fraction of sp³-hybridized carbons (Fsp3) is 0.600. The maximum atomic E-state index is 11.2. The zero-order valence-corrected chi connectivity index (χ0v) is 10.9. The number of amides is 2. The molecule has 1 rings (SSSR count). The lowest BCUT2D eigenvalue weighted by atomic mass is 10.4. The molecule has 0 atom stereocenters. The van der Waals surface area contributed by atoms with E-state index in [1.807, 2.05) is 6.55 Å². The molecule has 0 fully saturated rings. The summed E-state index contributed by atoms with van der Waals surface area (Å²) in [7, 11) is 1.17. The van der Waals surface area contributed by atoms with Crippen LogP contribution in [0.1, 0.15) is 6.42 Å². The predicted octanol–water partition coefficient (Wildman–Crippen LogP) is 0.666. The van der Waals surface area contributed by atoms with Crippen LogP contribution in [-0.2, 0) is 18.4 Å². The largest absolute Gasteiger partial charge is 0.398 e. The monoisotopic (exact) mass is 243 g/mol. The Kier molecular flexibility index (Phi) is 4.40. The summed E-state index contributed by atoms with van der Waals surface area (Å²) < 4.78 is 10.6. The molecule has 1 aliphatic heterocycles. The average molecular weight is 243 g/mol. The van der Waals surface area contributed by atoms with E-state index < -0.39 is 8.56 Å². The molecule has 0 aromatic heterocycles. The summed E-state index contributed by atoms with van der Waals surface area (Å²) in [5.74, 6) is -0.466. The zero-order chi connectivity index (χ0) is 12.2. The average Bonchev–Trinajstić information content (AvgIpc) is 2.60. The molecular formula is C10H17NO4Si. The van der Waals surface area contributed by atoms with Crippen molar-refractivity contribution in [3.8, 4) is 0 Å². The first kappa shape index (κ1) is 13.1. The lowest BCUT2D eigenvalue weighted by Crippen LogP contribution is -2.38. The lowest BCUT2D eigenvalue weighted by molar-refractivity contribution is -0.136. The van der Waals surface area contributed by atoms with Crippen molar-refractivity contribution in [3.63, 3.8) is 0 Å². The van der Waals surface area contributed by atoms with Crippen molar-refractivity contribution in [1.82, 2.24) is 4.90 Å². The van der Waals surface area contributed by atoms with Gasteiger partial charge in [0.15, 0.2) is 0 Å². The molecule has 5 nitrogen and oxygen atoms in total. The molecular weight excluding hydrogens is 226 g/mol. The van der Waals surface area contributed by atoms with Crippen LogP contribution in [0.5, 0.6) is 0 Å². The SMILES string of the molecule is CO[Si](C)(CCCN1C(=O)C=CC1=O)OC. The molecule has 0 radical (unpaired) electrons. The number of carbonyl (C=O) groups excluding carboxylic acids is 2. The number of hydrogen-bond donors (Lipinski definition) is 0. The maximum absolute atomic E-state index is 11.2. The van der Waals surface area contributed by atoms with Gasteiger partial charge in [0.1, 0.15) is 0 Å². The third-order valence-corrected chi connectivity index (χ3v) is 5.77. The summed E-state index contributed by atoms with van der Waals surface area (Å²) in [6.07, 6.45) is 3.31. The Morgan fingerprint density at radius 3 is 2.12 bits per heavy atom. The van der Waals surface area contributed by atoms with Crippen molar-refractivity contribution in [1.29, 1.82) is 0 Å². The van der Waals surface area contributed by atoms with Gasteiger partial charge < -0.3 is 8.85 Å². The summed E-state index contributed by atoms with van der Waals surface area (Å²) in [5.41, 5.74) is 0. The Balaban J connectivity index is 2.36. The minimum Gasteiger partial charge on any atom is -0.398 e. The quantitative estimate of drug-likeness (QED) is 0.508. The summed E-state index contributed by atoms with van der Waals surface area (Å²) in [5, 5.41) is 0. The highest BCUT2D eigenvalue weighted by Crippen LogP contribution is 2.15. The van der Waals surface area contributed by atoms with Gasteiger partial charge >= 0.3 is 8.56 Å². The molecule has 0 aromatic rings. The second-order valence-corrected chi connectivity index (χ2v) is 7.39. The summed E-state index contributed by atoms with van der Waals surface area (Å²) in [4.78, 5) is 23.7. The molecule has 0 aliphatic carbocycles. The molecule has 0 saturated heterocycles. The van der Waals surface area contributed by atoms with E-state index in [-0.39, 0.29) is 11.8 Å². The minimum absolute atomic E-state index is 0.233. The lowest BCUT2D eigenvalue weighted by Gasteiger charge is -2.23. The Morgan fingerprint density at radius 1 is 1.19 bits per heavy atom. The van der Waals surface area contributed by atoms with Gasteiger partial charge in [-0.3, -0.25) is 14.5 Å². The number of imide groups is 1. The van der Waals surface area contributed by atoms with Crippen LogP contribution in [0.3, 0.4) is 0 Å². The number of nitrogens with zero attached hydrogens (tertiary/aromatic N) is 1. The van der Waals surface area contributed by atoms with Gasteiger partial charge in [-0.15, -0.1) is 0 Å². The third kappa shape index (κ3) is 3.00. The predicted molar refractivity (Wildman–Crippen MR) is 60.9 cm³/mol. The van der Waals surface area contributed by atoms with E-state index in [0.29, 0.717) is 13.0 Å². The second-order valence-electron chi connectivity index (χ2n) is 3.81. The second kappa shape index (κ2) is 5.38. The summed E-state index contributed by atoms with van der Waals surface area (Å²) in [6.45, 7) is 2.39. The van der Waals surface area contributed by atoms with Crippen LogP contribution in [0.4, 0.5) is 0 Å². The van der Waals surface area contributed by atoms with Crippen molar-refractivity contribution in [2.24, 2.45) is 0 Å². The van der Waals surface area contributed by atoms with Crippen LogP contribution < -0.4 is 0 Å². The molecule has 0 N–H and O–H groups in total. The van der Waals surface area contributed by atoms with Crippen LogP contribution in [0.15, 0.2) is 12.2 Å². The van der Waals surface area contributed by atoms with E-state index in [1.54, 1.807) is 14.2 Å². The van der Waals surface area contributed by atoms with Crippen LogP contribution >= 0.6 is 0 Å². The summed E-state index contributed by atoms with van der Waals surface area (Å²) >= 11 is 0. The normalized spacial score (nSPS) is 16.3. The fourth-order valence-electron chi connectivity index (χ4n) is 1.50. The number of carbonyl (C=O) groups is 2. The van der Waals surface area contributed by atoms with Gasteiger partial charge in [-0.05, 0) is 19.0 Å². The molecule has 0 saturated carbocycles. The first-order valence-corrected chi connectivity index (χ1v) is 7.68. The summed E-state index contributed by atoms with van der Waals surface area (Å²) in [6, 6.07) is 0.761. The van der Waals surface area contributed by atoms with E-state index in [4.69, 9.17) is 8.85 Å². The van der Waals surface area contributed by atoms with Gasteiger partial charge in [-0.2, -0.15) is 0 Å². The van der Waals surface area contributed by atoms with Gasteiger partial charge in [0.25, 0.3) is 11.8 Å². The van der Waals surface area contributed by atoms with E-state index in [9.17, 15) is 9.59 Å². The van der Waals surface area contributed by atoms with Gasteiger partial charge in [0.2, 0.25) is 0 Å². The van der Waals surface area contributed by atoms with E-state index in [2.05, 4.69) is 0 Å². The van der Waals surface area contributed by atoms with Crippen molar-refractivity contribution in [2.75, 3.05) is 20.8 Å². The fourth-order valence-corrected chi connectivity index (χ4v) is 2.87. The van der Waals surface area contributed by atoms with E-state index >= 15 is 0 Å². The van der Waals surface area contributed by atoms with Crippen LogP contribution in [0, 0.1) is 0 Å². The van der Waals surface area contributed by atoms with Crippen molar-refractivity contribution in [3.05, 3.63) is 12.2 Å². The standard InChI is InChI=1S/C10H17NO4Si/c1-14-16(3,15-2)8-4-7-11-9(12)5-6-10(11)13/h5-6H,4,7-8H2,1-3H3. The van der Waals surface area contributed by atoms with Gasteiger partial charge in [0.05, 0.1) is 0 Å². The molecule has 6 heteroatoms. The van der Waals surface area contributed by atoms with Gasteiger partial charge in [-0.25, -0.2) is 0 Å². The molecule has 2 amide bonds. The van der Waals surface area contributed by atoms with Crippen LogP contribution in [-0.4, -0.2) is 46.0 Å². The van der Waals surface area contributed by atoms with Crippen LogP contribution in [0.2, 0.25) is 12.6 Å². The molecule has 1 heterocycles. The van der Waals surface area contributed by atoms with Crippen molar-refractivity contribution < 1.29 is 18.4 Å². The highest BCUT2D eigenvalue weighted by Gasteiger charge is 2.29. The number of rotatable bonds is 6. The molecule has 0 spiro atoms. The van der Waals surface area contributed by atoms with E-state index in [0.717, 1.165) is 6.04 Å². The molecule has 90 valence electrons. The maximum Gasteiger partial charge on any atom is 0.334 e. The molecule has 16 heavy (non-hydrogen) atoms. The molecule has 0 bridgehead atoms. The number of hydrogen-bond acceptors (Lipinski definition) is 4.